The van der Waals surface area contributed by atoms with Crippen LogP contribution in [0.3, 0.4) is 0 Å². The van der Waals surface area contributed by atoms with Crippen molar-refractivity contribution in [3.8, 4) is 5.75 Å². The summed E-state index contributed by atoms with van der Waals surface area (Å²) in [6.07, 6.45) is 4.07. The second-order valence-corrected chi connectivity index (χ2v) is 8.31. The molecule has 2 atom stereocenters. The van der Waals surface area contributed by atoms with Gasteiger partial charge < -0.3 is 15.3 Å². The van der Waals surface area contributed by atoms with E-state index in [0.717, 1.165) is 13.0 Å². The molecule has 4 aromatic rings. The lowest BCUT2D eigenvalue weighted by atomic mass is 9.97. The average Bonchev–Trinajstić information content (AvgIpc) is 3.18. The average molecular weight is 451 g/mol. The Labute approximate surface area is 188 Å². The molecular weight excluding hydrogens is 431 g/mol. The molecule has 1 aliphatic heterocycles. The smallest absolute Gasteiger partial charge is 0.226 e. The van der Waals surface area contributed by atoms with Crippen LogP contribution in [-0.4, -0.2) is 37.6 Å². The van der Waals surface area contributed by atoms with Gasteiger partial charge in [0.1, 0.15) is 28.9 Å². The topological polar surface area (TPSA) is 87.1 Å². The Morgan fingerprint density at radius 2 is 1.94 bits per heavy atom. The molecule has 32 heavy (non-hydrogen) atoms. The minimum Gasteiger partial charge on any atom is -0.508 e. The van der Waals surface area contributed by atoms with Crippen molar-refractivity contribution in [1.29, 1.82) is 0 Å². The van der Waals surface area contributed by atoms with Gasteiger partial charge in [-0.15, -0.1) is 0 Å². The van der Waals surface area contributed by atoms with Crippen LogP contribution in [0.2, 0.25) is 5.02 Å². The van der Waals surface area contributed by atoms with Crippen LogP contribution in [0, 0.1) is 5.82 Å². The molecule has 0 aliphatic carbocycles. The van der Waals surface area contributed by atoms with Gasteiger partial charge in [0, 0.05) is 24.2 Å². The number of hydrogen-bond acceptors (Lipinski definition) is 7. The highest BCUT2D eigenvalue weighted by Gasteiger charge is 2.32. The number of phenols is 1. The van der Waals surface area contributed by atoms with E-state index >= 15 is 0 Å². The zero-order valence-electron chi connectivity index (χ0n) is 17.2. The van der Waals surface area contributed by atoms with E-state index in [9.17, 15) is 9.50 Å². The van der Waals surface area contributed by atoms with Crippen LogP contribution < -0.4 is 10.2 Å². The zero-order chi connectivity index (χ0) is 22.2. The van der Waals surface area contributed by atoms with Crippen molar-refractivity contribution in [3.05, 3.63) is 71.4 Å². The monoisotopic (exact) mass is 450 g/mol. The summed E-state index contributed by atoms with van der Waals surface area (Å²) in [6.45, 7) is 2.91. The number of nitrogens with one attached hydrogen (secondary N) is 1. The second-order valence-electron chi connectivity index (χ2n) is 7.91. The molecule has 2 aromatic heterocycles. The van der Waals surface area contributed by atoms with Crippen LogP contribution in [0.5, 0.6) is 5.75 Å². The lowest BCUT2D eigenvalue weighted by molar-refractivity contribution is 0.475. The maximum atomic E-state index is 13.5. The molecule has 0 spiro atoms. The van der Waals surface area contributed by atoms with Crippen molar-refractivity contribution in [2.75, 3.05) is 16.8 Å². The van der Waals surface area contributed by atoms with E-state index in [-0.39, 0.29) is 16.8 Å². The lowest BCUT2D eigenvalue weighted by Crippen LogP contribution is -2.28. The van der Waals surface area contributed by atoms with Crippen LogP contribution in [0.15, 0.2) is 55.0 Å². The third-order valence-corrected chi connectivity index (χ3v) is 6.03. The Hall–Kier alpha value is -3.52. The van der Waals surface area contributed by atoms with Gasteiger partial charge in [0.05, 0.1) is 11.2 Å². The Morgan fingerprint density at radius 1 is 1.12 bits per heavy atom. The summed E-state index contributed by atoms with van der Waals surface area (Å²) in [4.78, 5) is 20.1. The van der Waals surface area contributed by atoms with Crippen molar-refractivity contribution >= 4 is 40.1 Å². The summed E-state index contributed by atoms with van der Waals surface area (Å²) in [5.74, 6) is 1.18. The number of nitrogens with zero attached hydrogens (tertiary/aromatic N) is 5. The molecule has 0 radical (unpaired) electrons. The number of hydrogen-bond donors (Lipinski definition) is 2. The lowest BCUT2D eigenvalue weighted by Gasteiger charge is -2.21. The number of anilines is 3. The van der Waals surface area contributed by atoms with Gasteiger partial charge in [-0.25, -0.2) is 24.3 Å². The van der Waals surface area contributed by atoms with E-state index in [0.29, 0.717) is 34.4 Å². The van der Waals surface area contributed by atoms with Crippen molar-refractivity contribution in [3.63, 3.8) is 0 Å². The van der Waals surface area contributed by atoms with Crippen LogP contribution in [0.25, 0.3) is 11.0 Å². The van der Waals surface area contributed by atoms with Crippen molar-refractivity contribution in [2.24, 2.45) is 0 Å². The van der Waals surface area contributed by atoms with E-state index in [1.807, 2.05) is 12.1 Å². The molecule has 0 bridgehead atoms. The minimum absolute atomic E-state index is 0.0230. The molecule has 7 nitrogen and oxygen atoms in total. The highest BCUT2D eigenvalue weighted by atomic mass is 35.5. The number of rotatable bonds is 4. The summed E-state index contributed by atoms with van der Waals surface area (Å²) >= 11 is 5.90. The molecule has 9 heteroatoms. The molecule has 2 N–H and O–H groups in total. The number of aromatic hydroxyl groups is 1. The quantitative estimate of drug-likeness (QED) is 0.450. The fourth-order valence-corrected chi connectivity index (χ4v) is 4.26. The summed E-state index contributed by atoms with van der Waals surface area (Å²) in [6, 6.07) is 12.0. The standard InChI is InChI=1S/C23H20ClFN6O/c1-13-8-15(14-2-5-17(32)6-3-14)11-31(13)23-26-10-20-21(30-23)22(28-12-27-20)29-16-4-7-19(25)18(24)9-16/h2-7,9-10,12-13,15,32H,8,11H2,1H3,(H,27,28,29). The summed E-state index contributed by atoms with van der Waals surface area (Å²) in [5, 5.41) is 12.7. The molecule has 162 valence electrons. The maximum Gasteiger partial charge on any atom is 0.226 e. The van der Waals surface area contributed by atoms with Crippen LogP contribution in [0.1, 0.15) is 24.8 Å². The van der Waals surface area contributed by atoms with Crippen molar-refractivity contribution < 1.29 is 9.50 Å². The van der Waals surface area contributed by atoms with E-state index < -0.39 is 5.82 Å². The summed E-state index contributed by atoms with van der Waals surface area (Å²) in [7, 11) is 0. The van der Waals surface area contributed by atoms with Gasteiger partial charge in [0.15, 0.2) is 5.82 Å². The van der Waals surface area contributed by atoms with E-state index in [1.54, 1.807) is 24.4 Å². The normalized spacial score (nSPS) is 18.3. The van der Waals surface area contributed by atoms with Crippen LogP contribution in [-0.2, 0) is 0 Å². The van der Waals surface area contributed by atoms with Gasteiger partial charge in [0.2, 0.25) is 5.95 Å². The molecule has 2 unspecified atom stereocenters. The summed E-state index contributed by atoms with van der Waals surface area (Å²) < 4.78 is 13.5. The Kier molecular flexibility index (Phi) is 5.22. The number of aromatic nitrogens is 4. The van der Waals surface area contributed by atoms with E-state index in [2.05, 4.69) is 32.1 Å². The Bertz CT molecular complexity index is 1290. The molecule has 1 saturated heterocycles. The third kappa shape index (κ3) is 3.89. The highest BCUT2D eigenvalue weighted by molar-refractivity contribution is 6.31. The predicted molar refractivity (Wildman–Crippen MR) is 122 cm³/mol. The van der Waals surface area contributed by atoms with Crippen LogP contribution >= 0.6 is 11.6 Å². The first kappa shape index (κ1) is 20.4. The van der Waals surface area contributed by atoms with E-state index in [1.165, 1.54) is 24.0 Å². The number of fused-ring (bicyclic) bond motifs is 1. The maximum absolute atomic E-state index is 13.5. The van der Waals surface area contributed by atoms with Gasteiger partial charge in [-0.05, 0) is 49.2 Å². The highest BCUT2D eigenvalue weighted by Crippen LogP contribution is 2.35. The second kappa shape index (κ2) is 8.20. The number of benzene rings is 2. The van der Waals surface area contributed by atoms with Crippen molar-refractivity contribution in [1.82, 2.24) is 19.9 Å². The molecule has 0 amide bonds. The fraction of sp³-hybridized carbons (Fsp3) is 0.217. The SMILES string of the molecule is CC1CC(c2ccc(O)cc2)CN1c1ncc2ncnc(Nc3ccc(F)c(Cl)c3)c2n1. The molecule has 3 heterocycles. The predicted octanol–water partition coefficient (Wildman–Crippen LogP) is 5.04. The van der Waals surface area contributed by atoms with Gasteiger partial charge in [0.25, 0.3) is 0 Å². The number of phenolic OH excluding ortho intramolecular Hbond substituents is 1. The third-order valence-electron chi connectivity index (χ3n) is 5.74. The van der Waals surface area contributed by atoms with Gasteiger partial charge >= 0.3 is 0 Å². The molecule has 1 aliphatic rings. The number of halogens is 2. The van der Waals surface area contributed by atoms with Gasteiger partial charge in [-0.1, -0.05) is 23.7 Å². The Balaban J connectivity index is 1.45. The van der Waals surface area contributed by atoms with Crippen molar-refractivity contribution in [2.45, 2.75) is 25.3 Å². The molecular formula is C23H20ClFN6O. The van der Waals surface area contributed by atoms with Gasteiger partial charge in [-0.2, -0.15) is 0 Å². The minimum atomic E-state index is -0.486. The first-order valence-electron chi connectivity index (χ1n) is 10.2. The Morgan fingerprint density at radius 3 is 2.72 bits per heavy atom. The molecule has 5 rings (SSSR count). The fourth-order valence-electron chi connectivity index (χ4n) is 4.08. The first-order chi connectivity index (χ1) is 15.5. The van der Waals surface area contributed by atoms with E-state index in [4.69, 9.17) is 16.6 Å². The van der Waals surface area contributed by atoms with Crippen LogP contribution in [0.4, 0.5) is 21.8 Å². The molecule has 2 aromatic carbocycles. The largest absolute Gasteiger partial charge is 0.508 e. The first-order valence-corrected chi connectivity index (χ1v) is 10.6. The van der Waals surface area contributed by atoms with Gasteiger partial charge in [-0.3, -0.25) is 0 Å². The molecule has 1 fully saturated rings. The zero-order valence-corrected chi connectivity index (χ0v) is 18.0. The summed E-state index contributed by atoms with van der Waals surface area (Å²) in [5.41, 5.74) is 2.94. The molecule has 0 saturated carbocycles.